The van der Waals surface area contributed by atoms with E-state index in [1.54, 1.807) is 12.1 Å². The van der Waals surface area contributed by atoms with Gasteiger partial charge in [-0.25, -0.2) is 0 Å². The summed E-state index contributed by atoms with van der Waals surface area (Å²) in [6.45, 7) is 1.18. The predicted molar refractivity (Wildman–Crippen MR) is 128 cm³/mol. The minimum atomic E-state index is -0.240. The fraction of sp³-hybridized carbons (Fsp3) is 0.192. The Kier molecular flexibility index (Phi) is 4.91. The molecule has 0 unspecified atom stereocenters. The maximum atomic E-state index is 13.6. The third-order valence-electron chi connectivity index (χ3n) is 6.50. The largest absolute Gasteiger partial charge is 0.337 e. The summed E-state index contributed by atoms with van der Waals surface area (Å²) in [4.78, 5) is 28.6. The molecule has 1 saturated heterocycles. The standard InChI is InChI=1S/C26H22N6O2/c33-25-21-11-5-4-10-20(21)23(29-32(25)19-8-2-1-3-9-19)26(34)30-16-13-18(14-17-30)24-28-27-22-12-6-7-15-31(22)24/h1-12,15,18H,13-14,16-17H2. The van der Waals surface area contributed by atoms with Crippen LogP contribution in [0, 0.1) is 0 Å². The number of amides is 1. The van der Waals surface area contributed by atoms with Crippen LogP contribution in [0.15, 0.2) is 83.8 Å². The normalized spacial score (nSPS) is 14.6. The summed E-state index contributed by atoms with van der Waals surface area (Å²) in [6, 6.07) is 22.2. The van der Waals surface area contributed by atoms with Gasteiger partial charge in [0.05, 0.1) is 11.1 Å². The average Bonchev–Trinajstić information content (AvgIpc) is 3.34. The smallest absolute Gasteiger partial charge is 0.279 e. The second-order valence-corrected chi connectivity index (χ2v) is 8.50. The van der Waals surface area contributed by atoms with Crippen molar-refractivity contribution in [1.29, 1.82) is 0 Å². The molecule has 0 bridgehead atoms. The number of para-hydroxylation sites is 1. The predicted octanol–water partition coefficient (Wildman–Crippen LogP) is 3.45. The molecule has 0 spiro atoms. The maximum absolute atomic E-state index is 13.6. The van der Waals surface area contributed by atoms with Crippen LogP contribution in [0.25, 0.3) is 22.1 Å². The zero-order valence-corrected chi connectivity index (χ0v) is 18.4. The molecule has 2 aromatic carbocycles. The first-order chi connectivity index (χ1) is 16.7. The number of pyridine rings is 1. The third kappa shape index (κ3) is 3.35. The number of nitrogens with zero attached hydrogens (tertiary/aromatic N) is 6. The number of carbonyl (C=O) groups is 1. The molecule has 3 aromatic heterocycles. The van der Waals surface area contributed by atoms with Crippen LogP contribution in [0.3, 0.4) is 0 Å². The van der Waals surface area contributed by atoms with Crippen molar-refractivity contribution < 1.29 is 4.79 Å². The summed E-state index contributed by atoms with van der Waals surface area (Å²) >= 11 is 0. The van der Waals surface area contributed by atoms with E-state index in [0.717, 1.165) is 24.3 Å². The van der Waals surface area contributed by atoms with Gasteiger partial charge in [0.1, 0.15) is 5.82 Å². The van der Waals surface area contributed by atoms with Crippen molar-refractivity contribution in [3.63, 3.8) is 0 Å². The molecule has 1 amide bonds. The number of aromatic nitrogens is 5. The highest BCUT2D eigenvalue weighted by Gasteiger charge is 2.29. The molecule has 8 nitrogen and oxygen atoms in total. The van der Waals surface area contributed by atoms with Crippen LogP contribution in [0.2, 0.25) is 0 Å². The van der Waals surface area contributed by atoms with Gasteiger partial charge in [0, 0.05) is 30.6 Å². The van der Waals surface area contributed by atoms with Crippen molar-refractivity contribution in [2.24, 2.45) is 0 Å². The second-order valence-electron chi connectivity index (χ2n) is 8.50. The van der Waals surface area contributed by atoms with E-state index in [4.69, 9.17) is 0 Å². The molecular formula is C26H22N6O2. The van der Waals surface area contributed by atoms with Gasteiger partial charge in [-0.15, -0.1) is 10.2 Å². The second kappa shape index (κ2) is 8.22. The van der Waals surface area contributed by atoms with E-state index in [9.17, 15) is 9.59 Å². The lowest BCUT2D eigenvalue weighted by Crippen LogP contribution is -2.39. The van der Waals surface area contributed by atoms with Crippen molar-refractivity contribution in [2.45, 2.75) is 18.8 Å². The molecule has 0 N–H and O–H groups in total. The summed E-state index contributed by atoms with van der Waals surface area (Å²) < 4.78 is 3.34. The fourth-order valence-corrected chi connectivity index (χ4v) is 4.72. The molecule has 8 heteroatoms. The lowest BCUT2D eigenvalue weighted by atomic mass is 9.95. The Labute approximate surface area is 195 Å². The van der Waals surface area contributed by atoms with Crippen LogP contribution < -0.4 is 5.56 Å². The van der Waals surface area contributed by atoms with Crippen LogP contribution in [0.5, 0.6) is 0 Å². The van der Waals surface area contributed by atoms with Crippen LogP contribution in [-0.2, 0) is 0 Å². The Hall–Kier alpha value is -4.33. The molecule has 1 aliphatic rings. The topological polar surface area (TPSA) is 85.4 Å². The lowest BCUT2D eigenvalue weighted by molar-refractivity contribution is 0.0705. The molecule has 6 rings (SSSR count). The van der Waals surface area contributed by atoms with E-state index in [0.29, 0.717) is 35.2 Å². The average molecular weight is 451 g/mol. The molecule has 0 atom stereocenters. The molecule has 168 valence electrons. The third-order valence-corrected chi connectivity index (χ3v) is 6.50. The molecule has 0 aliphatic carbocycles. The van der Waals surface area contributed by atoms with Gasteiger partial charge in [-0.3, -0.25) is 14.0 Å². The first kappa shape index (κ1) is 20.3. The van der Waals surface area contributed by atoms with E-state index >= 15 is 0 Å². The monoisotopic (exact) mass is 450 g/mol. The maximum Gasteiger partial charge on any atom is 0.279 e. The zero-order chi connectivity index (χ0) is 23.1. The molecule has 5 aromatic rings. The number of fused-ring (bicyclic) bond motifs is 2. The van der Waals surface area contributed by atoms with Crippen molar-refractivity contribution in [2.75, 3.05) is 13.1 Å². The fourth-order valence-electron chi connectivity index (χ4n) is 4.72. The molecule has 0 saturated carbocycles. The van der Waals surface area contributed by atoms with Crippen LogP contribution in [0.1, 0.15) is 35.1 Å². The highest BCUT2D eigenvalue weighted by atomic mass is 16.2. The van der Waals surface area contributed by atoms with E-state index in [2.05, 4.69) is 15.3 Å². The molecule has 4 heterocycles. The van der Waals surface area contributed by atoms with E-state index < -0.39 is 0 Å². The van der Waals surface area contributed by atoms with E-state index in [1.165, 1.54) is 4.68 Å². The number of likely N-dealkylation sites (tertiary alicyclic amines) is 1. The Morgan fingerprint density at radius 2 is 1.53 bits per heavy atom. The number of piperidine rings is 1. The van der Waals surface area contributed by atoms with Gasteiger partial charge in [0.15, 0.2) is 11.3 Å². The molecule has 34 heavy (non-hydrogen) atoms. The molecule has 1 aliphatic heterocycles. The minimum absolute atomic E-state index is 0.162. The van der Waals surface area contributed by atoms with Gasteiger partial charge < -0.3 is 4.90 Å². The number of rotatable bonds is 3. The van der Waals surface area contributed by atoms with Crippen LogP contribution in [0.4, 0.5) is 0 Å². The van der Waals surface area contributed by atoms with Gasteiger partial charge in [-0.2, -0.15) is 9.78 Å². The van der Waals surface area contributed by atoms with Crippen molar-refractivity contribution in [3.05, 3.63) is 101 Å². The van der Waals surface area contributed by atoms with Gasteiger partial charge in [0.2, 0.25) is 0 Å². The number of hydrogen-bond acceptors (Lipinski definition) is 5. The summed E-state index contributed by atoms with van der Waals surface area (Å²) in [5, 5.41) is 14.3. The van der Waals surface area contributed by atoms with Crippen LogP contribution in [-0.4, -0.2) is 48.3 Å². The molecular weight excluding hydrogens is 428 g/mol. The van der Waals surface area contributed by atoms with Crippen LogP contribution >= 0.6 is 0 Å². The number of benzene rings is 2. The lowest BCUT2D eigenvalue weighted by Gasteiger charge is -2.31. The van der Waals surface area contributed by atoms with E-state index in [-0.39, 0.29) is 17.4 Å². The Morgan fingerprint density at radius 3 is 2.32 bits per heavy atom. The summed E-state index contributed by atoms with van der Waals surface area (Å²) in [7, 11) is 0. The number of hydrogen-bond donors (Lipinski definition) is 0. The van der Waals surface area contributed by atoms with Gasteiger partial charge in [-0.05, 0) is 43.2 Å². The Bertz CT molecular complexity index is 1570. The van der Waals surface area contributed by atoms with Crippen molar-refractivity contribution >= 4 is 22.3 Å². The first-order valence-electron chi connectivity index (χ1n) is 11.4. The molecule has 0 radical (unpaired) electrons. The van der Waals surface area contributed by atoms with Gasteiger partial charge >= 0.3 is 0 Å². The van der Waals surface area contributed by atoms with E-state index in [1.807, 2.05) is 76.2 Å². The highest BCUT2D eigenvalue weighted by molar-refractivity contribution is 6.04. The van der Waals surface area contributed by atoms with Crippen molar-refractivity contribution in [3.8, 4) is 5.69 Å². The highest BCUT2D eigenvalue weighted by Crippen LogP contribution is 2.28. The minimum Gasteiger partial charge on any atom is -0.337 e. The summed E-state index contributed by atoms with van der Waals surface area (Å²) in [5.74, 6) is 0.999. The SMILES string of the molecule is O=C(c1nn(-c2ccccc2)c(=O)c2ccccc12)N1CCC(c2nnc3ccccn23)CC1. The Morgan fingerprint density at radius 1 is 0.824 bits per heavy atom. The van der Waals surface area contributed by atoms with Gasteiger partial charge in [-0.1, -0.05) is 42.5 Å². The van der Waals surface area contributed by atoms with Gasteiger partial charge in [0.25, 0.3) is 11.5 Å². The molecule has 1 fully saturated rings. The summed E-state index contributed by atoms with van der Waals surface area (Å²) in [5.41, 5.74) is 1.51. The number of carbonyl (C=O) groups excluding carboxylic acids is 1. The van der Waals surface area contributed by atoms with Crippen molar-refractivity contribution in [1.82, 2.24) is 29.3 Å². The first-order valence-corrected chi connectivity index (χ1v) is 11.4. The Balaban J connectivity index is 1.32. The zero-order valence-electron chi connectivity index (χ0n) is 18.4. The quantitative estimate of drug-likeness (QED) is 0.420. The summed E-state index contributed by atoms with van der Waals surface area (Å²) in [6.07, 6.45) is 3.56.